The Kier molecular flexibility index (Phi) is 8.18. The minimum atomic E-state index is 0.853. The van der Waals surface area contributed by atoms with Crippen LogP contribution in [0.1, 0.15) is 75.3 Å². The lowest BCUT2D eigenvalue weighted by molar-refractivity contribution is 0.0888. The fourth-order valence-corrected chi connectivity index (χ4v) is 6.79. The Morgan fingerprint density at radius 3 is 1.34 bits per heavy atom. The average molecular weight is 439 g/mol. The smallest absolute Gasteiger partial charge is 0.0233 e. The monoisotopic (exact) mass is 438 g/mol. The lowest BCUT2D eigenvalue weighted by atomic mass is 9.98. The van der Waals surface area contributed by atoms with Gasteiger partial charge in [-0.25, -0.2) is 0 Å². The molecule has 1 aromatic rings. The molecule has 0 amide bonds. The van der Waals surface area contributed by atoms with E-state index in [-0.39, 0.29) is 0 Å². The molecule has 0 saturated carbocycles. The number of piperidine rings is 4. The third-order valence-corrected chi connectivity index (χ3v) is 8.73. The molecule has 0 atom stereocenters. The van der Waals surface area contributed by atoms with Crippen molar-refractivity contribution in [3.05, 3.63) is 35.4 Å². The van der Waals surface area contributed by atoms with Crippen LogP contribution in [0.5, 0.6) is 0 Å². The summed E-state index contributed by atoms with van der Waals surface area (Å²) in [5, 5.41) is 0. The van der Waals surface area contributed by atoms with Crippen molar-refractivity contribution in [2.75, 3.05) is 52.4 Å². The van der Waals surface area contributed by atoms with Gasteiger partial charge in [0.25, 0.3) is 0 Å². The molecule has 4 fully saturated rings. The molecule has 178 valence electrons. The highest BCUT2D eigenvalue weighted by molar-refractivity contribution is 5.23. The van der Waals surface area contributed by atoms with Gasteiger partial charge >= 0.3 is 0 Å². The molecule has 4 heterocycles. The minimum Gasteiger partial charge on any atom is -0.300 e. The van der Waals surface area contributed by atoms with E-state index in [0.717, 1.165) is 25.2 Å². The zero-order valence-electron chi connectivity index (χ0n) is 20.4. The van der Waals surface area contributed by atoms with Gasteiger partial charge in [-0.15, -0.1) is 0 Å². The van der Waals surface area contributed by atoms with Crippen molar-refractivity contribution < 1.29 is 0 Å². The molecule has 0 aromatic heterocycles. The largest absolute Gasteiger partial charge is 0.300 e. The van der Waals surface area contributed by atoms with Crippen LogP contribution in [-0.2, 0) is 13.1 Å². The minimum absolute atomic E-state index is 0.853. The van der Waals surface area contributed by atoms with Gasteiger partial charge in [0.15, 0.2) is 0 Å². The number of likely N-dealkylation sites (tertiary alicyclic amines) is 4. The number of hydrogen-bond donors (Lipinski definition) is 0. The van der Waals surface area contributed by atoms with E-state index in [9.17, 15) is 0 Å². The molecule has 4 nitrogen and oxygen atoms in total. The number of hydrogen-bond acceptors (Lipinski definition) is 4. The molecule has 0 aliphatic carbocycles. The van der Waals surface area contributed by atoms with Crippen LogP contribution in [0.25, 0.3) is 0 Å². The molecular formula is C28H46N4. The molecule has 4 heteroatoms. The van der Waals surface area contributed by atoms with Crippen molar-refractivity contribution in [1.82, 2.24) is 19.6 Å². The van der Waals surface area contributed by atoms with E-state index in [1.165, 1.54) is 128 Å². The summed E-state index contributed by atoms with van der Waals surface area (Å²) in [6, 6.07) is 11.2. The lowest BCUT2D eigenvalue weighted by Gasteiger charge is -2.40. The van der Waals surface area contributed by atoms with Crippen LogP contribution >= 0.6 is 0 Å². The third-order valence-electron chi connectivity index (χ3n) is 8.73. The molecular weight excluding hydrogens is 392 g/mol. The predicted molar refractivity (Wildman–Crippen MR) is 134 cm³/mol. The first-order chi connectivity index (χ1) is 15.8. The summed E-state index contributed by atoms with van der Waals surface area (Å²) in [7, 11) is 0. The summed E-state index contributed by atoms with van der Waals surface area (Å²) < 4.78 is 0. The number of nitrogens with zero attached hydrogens (tertiary/aromatic N) is 4. The van der Waals surface area contributed by atoms with E-state index in [0.29, 0.717) is 0 Å². The Morgan fingerprint density at radius 2 is 0.938 bits per heavy atom. The van der Waals surface area contributed by atoms with Crippen LogP contribution in [0.3, 0.4) is 0 Å². The molecule has 4 saturated heterocycles. The normalized spacial score (nSPS) is 26.5. The molecule has 0 spiro atoms. The van der Waals surface area contributed by atoms with Crippen molar-refractivity contribution >= 4 is 0 Å². The molecule has 4 aliphatic heterocycles. The average Bonchev–Trinajstić information content (AvgIpc) is 2.86. The number of benzene rings is 1. The van der Waals surface area contributed by atoms with E-state index < -0.39 is 0 Å². The van der Waals surface area contributed by atoms with Crippen LogP contribution in [0.15, 0.2) is 24.3 Å². The molecule has 0 N–H and O–H groups in total. The third kappa shape index (κ3) is 6.14. The molecule has 0 radical (unpaired) electrons. The zero-order chi connectivity index (χ0) is 21.6. The predicted octanol–water partition coefficient (Wildman–Crippen LogP) is 4.59. The van der Waals surface area contributed by atoms with E-state index in [1.54, 1.807) is 0 Å². The first-order valence-electron chi connectivity index (χ1n) is 13.8. The maximum absolute atomic E-state index is 2.79. The van der Waals surface area contributed by atoms with E-state index in [2.05, 4.69) is 43.9 Å². The van der Waals surface area contributed by atoms with Gasteiger partial charge in [-0.3, -0.25) is 9.80 Å². The second-order valence-corrected chi connectivity index (χ2v) is 11.0. The molecule has 5 rings (SSSR count). The standard InChI is InChI=1S/C28H46N4/c1-3-14-31(15-4-1)27-10-18-29(19-11-27)23-25-8-7-9-26(22-25)24-30-20-12-28(13-21-30)32-16-5-2-6-17-32/h7-9,22,27-28H,1-6,10-21,23-24H2. The molecule has 1 aromatic carbocycles. The summed E-state index contributed by atoms with van der Waals surface area (Å²) in [6.45, 7) is 12.8. The van der Waals surface area contributed by atoms with Crippen molar-refractivity contribution in [2.45, 2.75) is 89.4 Å². The maximum atomic E-state index is 2.79. The van der Waals surface area contributed by atoms with Crippen LogP contribution < -0.4 is 0 Å². The summed E-state index contributed by atoms with van der Waals surface area (Å²) in [5.74, 6) is 0. The van der Waals surface area contributed by atoms with E-state index in [1.807, 2.05) is 0 Å². The van der Waals surface area contributed by atoms with Crippen molar-refractivity contribution in [3.63, 3.8) is 0 Å². The second kappa shape index (κ2) is 11.5. The maximum Gasteiger partial charge on any atom is 0.0233 e. The van der Waals surface area contributed by atoms with Crippen molar-refractivity contribution in [1.29, 1.82) is 0 Å². The summed E-state index contributed by atoms with van der Waals surface area (Å²) in [4.78, 5) is 11.0. The molecule has 4 aliphatic rings. The van der Waals surface area contributed by atoms with Gasteiger partial charge in [0.05, 0.1) is 0 Å². The van der Waals surface area contributed by atoms with Crippen molar-refractivity contribution in [2.24, 2.45) is 0 Å². The van der Waals surface area contributed by atoms with Crippen molar-refractivity contribution in [3.8, 4) is 0 Å². The Bertz CT molecular complexity index is 623. The van der Waals surface area contributed by atoms with Crippen LogP contribution in [0.2, 0.25) is 0 Å². The highest BCUT2D eigenvalue weighted by Crippen LogP contribution is 2.24. The Labute approximate surface area is 196 Å². The van der Waals surface area contributed by atoms with Crippen LogP contribution in [0.4, 0.5) is 0 Å². The first-order valence-corrected chi connectivity index (χ1v) is 13.8. The van der Waals surface area contributed by atoms with Crippen LogP contribution in [0, 0.1) is 0 Å². The fourth-order valence-electron chi connectivity index (χ4n) is 6.79. The Balaban J connectivity index is 1.06. The van der Waals surface area contributed by atoms with Gasteiger partial charge in [0.2, 0.25) is 0 Å². The summed E-state index contributed by atoms with van der Waals surface area (Å²) >= 11 is 0. The fraction of sp³-hybridized carbons (Fsp3) is 0.786. The molecule has 0 bridgehead atoms. The topological polar surface area (TPSA) is 13.0 Å². The number of rotatable bonds is 6. The summed E-state index contributed by atoms with van der Waals surface area (Å²) in [5.41, 5.74) is 3.03. The quantitative estimate of drug-likeness (QED) is 0.644. The van der Waals surface area contributed by atoms with Gasteiger partial charge in [-0.1, -0.05) is 37.1 Å². The molecule has 32 heavy (non-hydrogen) atoms. The second-order valence-electron chi connectivity index (χ2n) is 11.0. The first kappa shape index (κ1) is 22.8. The van der Waals surface area contributed by atoms with Gasteiger partial charge < -0.3 is 9.80 Å². The van der Waals surface area contributed by atoms with Crippen LogP contribution in [-0.4, -0.2) is 84.0 Å². The Morgan fingerprint density at radius 1 is 0.531 bits per heavy atom. The van der Waals surface area contributed by atoms with E-state index in [4.69, 9.17) is 0 Å². The van der Waals surface area contributed by atoms with Gasteiger partial charge in [-0.2, -0.15) is 0 Å². The van der Waals surface area contributed by atoms with Gasteiger partial charge in [-0.05, 0) is 115 Å². The molecule has 0 unspecified atom stereocenters. The highest BCUT2D eigenvalue weighted by atomic mass is 15.2. The SMILES string of the molecule is c1cc(CN2CCC(N3CCCCC3)CC2)cc(CN2CCC(N3CCCCC3)CC2)c1. The zero-order valence-corrected chi connectivity index (χ0v) is 20.4. The van der Waals surface area contributed by atoms with Gasteiger partial charge in [0, 0.05) is 25.2 Å². The van der Waals surface area contributed by atoms with Gasteiger partial charge in [0.1, 0.15) is 0 Å². The lowest BCUT2D eigenvalue weighted by Crippen LogP contribution is -2.46. The Hall–Kier alpha value is -0.940. The summed E-state index contributed by atoms with van der Waals surface area (Å²) in [6.07, 6.45) is 14.0. The highest BCUT2D eigenvalue weighted by Gasteiger charge is 2.27. The van der Waals surface area contributed by atoms with E-state index >= 15 is 0 Å².